The predicted octanol–water partition coefficient (Wildman–Crippen LogP) is 5.59. The molecule has 1 aliphatic carbocycles. The fourth-order valence-corrected chi connectivity index (χ4v) is 4.75. The number of aryl methyl sites for hydroxylation is 1. The first kappa shape index (κ1) is 18.3. The van der Waals surface area contributed by atoms with Crippen LogP contribution >= 0.6 is 34.8 Å². The van der Waals surface area contributed by atoms with Crippen LogP contribution in [0.3, 0.4) is 0 Å². The van der Waals surface area contributed by atoms with Gasteiger partial charge in [-0.3, -0.25) is 4.90 Å². The zero-order chi connectivity index (χ0) is 19.4. The van der Waals surface area contributed by atoms with Gasteiger partial charge >= 0.3 is 5.63 Å². The van der Waals surface area contributed by atoms with Crippen LogP contribution in [0, 0.1) is 0 Å². The third kappa shape index (κ3) is 3.00. The Kier molecular flexibility index (Phi) is 4.55. The van der Waals surface area contributed by atoms with Crippen LogP contribution in [0.4, 0.5) is 0 Å². The summed E-state index contributed by atoms with van der Waals surface area (Å²) in [5, 5.41) is 2.53. The number of halogens is 3. The Morgan fingerprint density at radius 1 is 0.964 bits per heavy atom. The normalized spacial score (nSPS) is 16.1. The Balaban J connectivity index is 1.56. The minimum Gasteiger partial charge on any atom is -0.476 e. The molecule has 0 N–H and O–H groups in total. The largest absolute Gasteiger partial charge is 0.476 e. The van der Waals surface area contributed by atoms with Crippen molar-refractivity contribution >= 4 is 45.8 Å². The standard InChI is InChI=1S/C21H16Cl3NO3/c22-16-5-4-11(6-17(16)23)8-25-9-15-19-14(7-18(24)20(15)27-10-25)12-2-1-3-13(12)21(26)28-19/h4-7H,1-3,8-10H2. The summed E-state index contributed by atoms with van der Waals surface area (Å²) in [5.74, 6) is 0.598. The highest BCUT2D eigenvalue weighted by Gasteiger charge is 2.28. The monoisotopic (exact) mass is 435 g/mol. The third-order valence-corrected chi connectivity index (χ3v) is 6.45. The van der Waals surface area contributed by atoms with E-state index in [2.05, 4.69) is 4.90 Å². The van der Waals surface area contributed by atoms with Gasteiger partial charge < -0.3 is 9.15 Å². The van der Waals surface area contributed by atoms with Crippen molar-refractivity contribution in [1.29, 1.82) is 0 Å². The maximum atomic E-state index is 12.5. The Morgan fingerprint density at radius 3 is 2.61 bits per heavy atom. The van der Waals surface area contributed by atoms with Crippen LogP contribution in [-0.4, -0.2) is 11.6 Å². The molecule has 2 heterocycles. The number of hydrogen-bond acceptors (Lipinski definition) is 4. The average Bonchev–Trinajstić information content (AvgIpc) is 3.17. The van der Waals surface area contributed by atoms with Gasteiger partial charge in [0.1, 0.15) is 18.1 Å². The lowest BCUT2D eigenvalue weighted by atomic mass is 10.0. The molecule has 0 saturated carbocycles. The van der Waals surface area contributed by atoms with E-state index in [9.17, 15) is 4.79 Å². The van der Waals surface area contributed by atoms with Gasteiger partial charge in [-0.15, -0.1) is 0 Å². The van der Waals surface area contributed by atoms with Gasteiger partial charge in [0.15, 0.2) is 0 Å². The second-order valence-electron chi connectivity index (χ2n) is 7.25. The second kappa shape index (κ2) is 6.96. The molecule has 0 radical (unpaired) electrons. The summed E-state index contributed by atoms with van der Waals surface area (Å²) in [5.41, 5.74) is 4.04. The van der Waals surface area contributed by atoms with E-state index in [0.29, 0.717) is 46.2 Å². The minimum atomic E-state index is -0.244. The van der Waals surface area contributed by atoms with E-state index in [0.717, 1.165) is 46.9 Å². The van der Waals surface area contributed by atoms with Gasteiger partial charge in [-0.25, -0.2) is 4.79 Å². The van der Waals surface area contributed by atoms with Crippen molar-refractivity contribution in [1.82, 2.24) is 4.90 Å². The van der Waals surface area contributed by atoms with Gasteiger partial charge in [0, 0.05) is 24.0 Å². The van der Waals surface area contributed by atoms with Crippen molar-refractivity contribution in [3.05, 3.63) is 72.0 Å². The molecule has 5 rings (SSSR count). The van der Waals surface area contributed by atoms with Crippen LogP contribution in [0.5, 0.6) is 5.75 Å². The smallest absolute Gasteiger partial charge is 0.339 e. The molecule has 0 spiro atoms. The van der Waals surface area contributed by atoms with E-state index in [-0.39, 0.29) is 5.63 Å². The summed E-state index contributed by atoms with van der Waals surface area (Å²) in [4.78, 5) is 14.6. The molecule has 7 heteroatoms. The molecule has 28 heavy (non-hydrogen) atoms. The Morgan fingerprint density at radius 2 is 1.79 bits per heavy atom. The lowest BCUT2D eigenvalue weighted by molar-refractivity contribution is 0.0890. The molecular formula is C21H16Cl3NO3. The number of rotatable bonds is 2. The van der Waals surface area contributed by atoms with Crippen LogP contribution in [0.1, 0.15) is 28.7 Å². The first-order valence-corrected chi connectivity index (χ1v) is 10.2. The van der Waals surface area contributed by atoms with Gasteiger partial charge in [0.05, 0.1) is 20.6 Å². The molecule has 4 nitrogen and oxygen atoms in total. The van der Waals surface area contributed by atoms with E-state index in [1.54, 1.807) is 6.07 Å². The van der Waals surface area contributed by atoms with E-state index >= 15 is 0 Å². The summed E-state index contributed by atoms with van der Waals surface area (Å²) in [6.07, 6.45) is 2.61. The lowest BCUT2D eigenvalue weighted by Gasteiger charge is -2.30. The Labute approximate surface area is 176 Å². The molecule has 0 unspecified atom stereocenters. The van der Waals surface area contributed by atoms with Gasteiger partial charge in [0.2, 0.25) is 0 Å². The van der Waals surface area contributed by atoms with Crippen molar-refractivity contribution in [2.45, 2.75) is 32.4 Å². The highest BCUT2D eigenvalue weighted by atomic mass is 35.5. The highest BCUT2D eigenvalue weighted by Crippen LogP contribution is 2.41. The maximum absolute atomic E-state index is 12.5. The predicted molar refractivity (Wildman–Crippen MR) is 111 cm³/mol. The highest BCUT2D eigenvalue weighted by molar-refractivity contribution is 6.42. The fourth-order valence-electron chi connectivity index (χ4n) is 4.15. The Hall–Kier alpha value is -1.72. The molecular weight excluding hydrogens is 421 g/mol. The van der Waals surface area contributed by atoms with E-state index in [1.807, 2.05) is 18.2 Å². The zero-order valence-corrected chi connectivity index (χ0v) is 17.1. The molecule has 2 aliphatic rings. The van der Waals surface area contributed by atoms with E-state index in [4.69, 9.17) is 44.0 Å². The SMILES string of the molecule is O=c1oc2c3c(c(Cl)cc2c2c1CCC2)OCN(Cc1ccc(Cl)c(Cl)c1)C3. The topological polar surface area (TPSA) is 42.7 Å². The van der Waals surface area contributed by atoms with Crippen LogP contribution in [0.25, 0.3) is 11.0 Å². The molecule has 2 aromatic carbocycles. The molecule has 1 aliphatic heterocycles. The summed E-state index contributed by atoms with van der Waals surface area (Å²) in [7, 11) is 0. The maximum Gasteiger partial charge on any atom is 0.339 e. The van der Waals surface area contributed by atoms with Gasteiger partial charge in [-0.2, -0.15) is 0 Å². The van der Waals surface area contributed by atoms with Gasteiger partial charge in [0.25, 0.3) is 0 Å². The van der Waals surface area contributed by atoms with E-state index in [1.165, 1.54) is 0 Å². The van der Waals surface area contributed by atoms with E-state index < -0.39 is 0 Å². The summed E-state index contributed by atoms with van der Waals surface area (Å²) >= 11 is 18.7. The first-order chi connectivity index (χ1) is 13.5. The summed E-state index contributed by atoms with van der Waals surface area (Å²) < 4.78 is 11.7. The Bertz CT molecular complexity index is 1170. The number of benzene rings is 2. The third-order valence-electron chi connectivity index (χ3n) is 5.43. The first-order valence-electron chi connectivity index (χ1n) is 9.10. The minimum absolute atomic E-state index is 0.244. The lowest BCUT2D eigenvalue weighted by Crippen LogP contribution is -2.32. The van der Waals surface area contributed by atoms with Crippen LogP contribution < -0.4 is 10.4 Å². The number of ether oxygens (including phenoxy) is 1. The molecule has 0 fully saturated rings. The molecule has 0 saturated heterocycles. The van der Waals surface area contributed by atoms with Crippen molar-refractivity contribution in [2.24, 2.45) is 0 Å². The molecule has 3 aromatic rings. The fraction of sp³-hybridized carbons (Fsp3) is 0.286. The summed E-state index contributed by atoms with van der Waals surface area (Å²) in [6, 6.07) is 7.44. The molecule has 0 atom stereocenters. The zero-order valence-electron chi connectivity index (χ0n) is 14.9. The average molecular weight is 437 g/mol. The van der Waals surface area contributed by atoms with Gasteiger partial charge in [-0.05, 0) is 48.6 Å². The van der Waals surface area contributed by atoms with Crippen molar-refractivity contribution in [3.8, 4) is 5.75 Å². The summed E-state index contributed by atoms with van der Waals surface area (Å²) in [6.45, 7) is 1.57. The number of fused-ring (bicyclic) bond motifs is 5. The quantitative estimate of drug-likeness (QED) is 0.491. The van der Waals surface area contributed by atoms with Crippen LogP contribution in [0.2, 0.25) is 15.1 Å². The van der Waals surface area contributed by atoms with Crippen LogP contribution in [-0.2, 0) is 25.9 Å². The molecule has 144 valence electrons. The van der Waals surface area contributed by atoms with Crippen molar-refractivity contribution < 1.29 is 9.15 Å². The molecule has 0 amide bonds. The van der Waals surface area contributed by atoms with Crippen molar-refractivity contribution in [3.63, 3.8) is 0 Å². The molecule has 0 bridgehead atoms. The van der Waals surface area contributed by atoms with Crippen molar-refractivity contribution in [2.75, 3.05) is 6.73 Å². The van der Waals surface area contributed by atoms with Gasteiger partial charge in [-0.1, -0.05) is 40.9 Å². The van der Waals surface area contributed by atoms with Crippen LogP contribution in [0.15, 0.2) is 33.5 Å². The second-order valence-corrected chi connectivity index (χ2v) is 8.47. The number of nitrogens with zero attached hydrogens (tertiary/aromatic N) is 1. The number of hydrogen-bond donors (Lipinski definition) is 0. The molecule has 1 aromatic heterocycles.